The number of hydrogen-bond donors (Lipinski definition) is 2. The molecule has 2 rings (SSSR count). The number of carboxylic acids is 1. The summed E-state index contributed by atoms with van der Waals surface area (Å²) < 4.78 is 18.5. The van der Waals surface area contributed by atoms with Crippen LogP contribution in [0.1, 0.15) is 19.6 Å². The van der Waals surface area contributed by atoms with Crippen molar-refractivity contribution in [3.8, 4) is 11.3 Å². The molecule has 0 saturated carbocycles. The minimum Gasteiger partial charge on any atom is -0.480 e. The number of furan rings is 1. The predicted octanol–water partition coefficient (Wildman–Crippen LogP) is 3.28. The Morgan fingerprint density at radius 3 is 2.48 bits per heavy atom. The molecule has 4 nitrogen and oxygen atoms in total. The van der Waals surface area contributed by atoms with E-state index in [0.29, 0.717) is 18.1 Å². The number of carboxylic acid groups (broad SMARTS) is 1. The molecule has 5 heteroatoms. The summed E-state index contributed by atoms with van der Waals surface area (Å²) in [7, 11) is 0. The van der Waals surface area contributed by atoms with Gasteiger partial charge in [0, 0.05) is 5.56 Å². The lowest BCUT2D eigenvalue weighted by Crippen LogP contribution is -2.40. The van der Waals surface area contributed by atoms with Crippen LogP contribution in [-0.2, 0) is 11.3 Å². The fourth-order valence-electron chi connectivity index (χ4n) is 2.06. The van der Waals surface area contributed by atoms with E-state index in [1.807, 2.05) is 13.8 Å². The second-order valence-corrected chi connectivity index (χ2v) is 5.21. The maximum absolute atomic E-state index is 12.9. The number of halogens is 1. The third kappa shape index (κ3) is 3.92. The third-order valence-corrected chi connectivity index (χ3v) is 3.22. The van der Waals surface area contributed by atoms with E-state index in [9.17, 15) is 9.18 Å². The molecule has 1 aromatic heterocycles. The fraction of sp³-hybridized carbons (Fsp3) is 0.312. The van der Waals surface area contributed by atoms with E-state index in [2.05, 4.69) is 5.32 Å². The lowest BCUT2D eigenvalue weighted by Gasteiger charge is -2.16. The first-order valence-electron chi connectivity index (χ1n) is 6.78. The van der Waals surface area contributed by atoms with E-state index >= 15 is 0 Å². The van der Waals surface area contributed by atoms with Gasteiger partial charge < -0.3 is 9.52 Å². The molecule has 21 heavy (non-hydrogen) atoms. The molecule has 2 aromatic rings. The summed E-state index contributed by atoms with van der Waals surface area (Å²) in [4.78, 5) is 11.1. The first-order chi connectivity index (χ1) is 9.97. The van der Waals surface area contributed by atoms with Crippen molar-refractivity contribution >= 4 is 5.97 Å². The maximum atomic E-state index is 12.9. The molecule has 0 fully saturated rings. The van der Waals surface area contributed by atoms with Crippen LogP contribution in [0.4, 0.5) is 4.39 Å². The number of aliphatic carboxylic acids is 1. The molecule has 112 valence electrons. The zero-order valence-electron chi connectivity index (χ0n) is 12.0. The van der Waals surface area contributed by atoms with Gasteiger partial charge in [0.15, 0.2) is 0 Å². The molecular formula is C16H18FNO3. The molecule has 0 aliphatic rings. The highest BCUT2D eigenvalue weighted by atomic mass is 19.1. The predicted molar refractivity (Wildman–Crippen MR) is 77.2 cm³/mol. The molecule has 0 spiro atoms. The van der Waals surface area contributed by atoms with Gasteiger partial charge in [-0.05, 0) is 42.3 Å². The Kier molecular flexibility index (Phi) is 4.75. The lowest BCUT2D eigenvalue weighted by molar-refractivity contribution is -0.140. The van der Waals surface area contributed by atoms with Gasteiger partial charge in [-0.1, -0.05) is 13.8 Å². The lowest BCUT2D eigenvalue weighted by atomic mass is 10.1. The van der Waals surface area contributed by atoms with Gasteiger partial charge in [-0.2, -0.15) is 0 Å². The topological polar surface area (TPSA) is 62.5 Å². The molecule has 1 aromatic carbocycles. The van der Waals surface area contributed by atoms with E-state index in [1.54, 1.807) is 24.3 Å². The van der Waals surface area contributed by atoms with Crippen LogP contribution in [-0.4, -0.2) is 17.1 Å². The van der Waals surface area contributed by atoms with Crippen LogP contribution < -0.4 is 5.32 Å². The van der Waals surface area contributed by atoms with E-state index in [-0.39, 0.29) is 11.7 Å². The van der Waals surface area contributed by atoms with Gasteiger partial charge in [-0.15, -0.1) is 0 Å². The monoisotopic (exact) mass is 291 g/mol. The van der Waals surface area contributed by atoms with Crippen LogP contribution in [0.15, 0.2) is 40.8 Å². The highest BCUT2D eigenvalue weighted by molar-refractivity contribution is 5.73. The molecule has 1 heterocycles. The highest BCUT2D eigenvalue weighted by Crippen LogP contribution is 2.22. The van der Waals surface area contributed by atoms with E-state index in [4.69, 9.17) is 9.52 Å². The van der Waals surface area contributed by atoms with Crippen molar-refractivity contribution in [2.24, 2.45) is 5.92 Å². The van der Waals surface area contributed by atoms with E-state index in [0.717, 1.165) is 5.56 Å². The normalized spacial score (nSPS) is 12.6. The summed E-state index contributed by atoms with van der Waals surface area (Å²) in [5, 5.41) is 12.1. The zero-order valence-corrected chi connectivity index (χ0v) is 12.0. The standard InChI is InChI=1S/C16H18FNO3/c1-10(2)15(16(19)20)18-9-13-7-8-14(21-13)11-3-5-12(17)6-4-11/h3-8,10,15,18H,9H2,1-2H3,(H,19,20)/t15-/m1/s1. The Morgan fingerprint density at radius 1 is 1.24 bits per heavy atom. The molecule has 0 bridgehead atoms. The Balaban J connectivity index is 2.03. The first-order valence-corrected chi connectivity index (χ1v) is 6.78. The first kappa shape index (κ1) is 15.3. The van der Waals surface area contributed by atoms with Crippen LogP contribution >= 0.6 is 0 Å². The Morgan fingerprint density at radius 2 is 1.90 bits per heavy atom. The largest absolute Gasteiger partial charge is 0.480 e. The van der Waals surface area contributed by atoms with Crippen LogP contribution in [0, 0.1) is 11.7 Å². The smallest absolute Gasteiger partial charge is 0.320 e. The van der Waals surface area contributed by atoms with Crippen molar-refractivity contribution in [2.75, 3.05) is 0 Å². The Hall–Kier alpha value is -2.14. The van der Waals surface area contributed by atoms with Gasteiger partial charge in [0.2, 0.25) is 0 Å². The minimum atomic E-state index is -0.879. The van der Waals surface area contributed by atoms with Crippen LogP contribution in [0.5, 0.6) is 0 Å². The fourth-order valence-corrected chi connectivity index (χ4v) is 2.06. The zero-order chi connectivity index (χ0) is 15.4. The quantitative estimate of drug-likeness (QED) is 0.857. The summed E-state index contributed by atoms with van der Waals surface area (Å²) in [5.74, 6) is 0.0715. The number of carbonyl (C=O) groups is 1. The third-order valence-electron chi connectivity index (χ3n) is 3.22. The summed E-state index contributed by atoms with van der Waals surface area (Å²) in [5.41, 5.74) is 0.779. The molecule has 0 saturated heterocycles. The highest BCUT2D eigenvalue weighted by Gasteiger charge is 2.20. The van der Waals surface area contributed by atoms with Crippen molar-refractivity contribution in [2.45, 2.75) is 26.4 Å². The van der Waals surface area contributed by atoms with Gasteiger partial charge >= 0.3 is 5.97 Å². The van der Waals surface area contributed by atoms with Crippen molar-refractivity contribution in [1.82, 2.24) is 5.32 Å². The van der Waals surface area contributed by atoms with Crippen molar-refractivity contribution in [3.05, 3.63) is 48.0 Å². The maximum Gasteiger partial charge on any atom is 0.320 e. The SMILES string of the molecule is CC(C)[C@@H](NCc1ccc(-c2ccc(F)cc2)o1)C(=O)O. The number of rotatable bonds is 6. The molecule has 0 unspecified atom stereocenters. The van der Waals surface area contributed by atoms with Gasteiger partial charge in [0.25, 0.3) is 0 Å². The Bertz CT molecular complexity index is 604. The summed E-state index contributed by atoms with van der Waals surface area (Å²) in [6, 6.07) is 8.97. The van der Waals surface area contributed by atoms with E-state index < -0.39 is 12.0 Å². The van der Waals surface area contributed by atoms with Crippen molar-refractivity contribution in [1.29, 1.82) is 0 Å². The molecular weight excluding hydrogens is 273 g/mol. The molecule has 0 aliphatic carbocycles. The molecule has 1 atom stereocenters. The van der Waals surface area contributed by atoms with Crippen LogP contribution in [0.25, 0.3) is 11.3 Å². The average Bonchev–Trinajstić information content (AvgIpc) is 2.87. The molecule has 0 amide bonds. The number of benzene rings is 1. The minimum absolute atomic E-state index is 0.0194. The molecule has 0 aliphatic heterocycles. The Labute approximate surface area is 122 Å². The van der Waals surface area contributed by atoms with Crippen molar-refractivity contribution in [3.63, 3.8) is 0 Å². The number of hydrogen-bond acceptors (Lipinski definition) is 3. The molecule has 0 radical (unpaired) electrons. The second kappa shape index (κ2) is 6.54. The average molecular weight is 291 g/mol. The van der Waals surface area contributed by atoms with Gasteiger partial charge in [0.1, 0.15) is 23.4 Å². The van der Waals surface area contributed by atoms with Gasteiger partial charge in [-0.3, -0.25) is 10.1 Å². The second-order valence-electron chi connectivity index (χ2n) is 5.21. The molecule has 2 N–H and O–H groups in total. The van der Waals surface area contributed by atoms with Crippen LogP contribution in [0.3, 0.4) is 0 Å². The number of nitrogens with one attached hydrogen (secondary N) is 1. The van der Waals surface area contributed by atoms with Crippen molar-refractivity contribution < 1.29 is 18.7 Å². The summed E-state index contributed by atoms with van der Waals surface area (Å²) >= 11 is 0. The summed E-state index contributed by atoms with van der Waals surface area (Å²) in [6.07, 6.45) is 0. The van der Waals surface area contributed by atoms with E-state index in [1.165, 1.54) is 12.1 Å². The summed E-state index contributed by atoms with van der Waals surface area (Å²) in [6.45, 7) is 4.02. The van der Waals surface area contributed by atoms with Crippen LogP contribution in [0.2, 0.25) is 0 Å². The van der Waals surface area contributed by atoms with Gasteiger partial charge in [0.05, 0.1) is 6.54 Å². The van der Waals surface area contributed by atoms with Gasteiger partial charge in [-0.25, -0.2) is 4.39 Å².